The van der Waals surface area contributed by atoms with Crippen LogP contribution in [0.2, 0.25) is 0 Å². The van der Waals surface area contributed by atoms with Crippen LogP contribution in [0.4, 0.5) is 10.3 Å². The summed E-state index contributed by atoms with van der Waals surface area (Å²) in [5.74, 6) is -0.129. The molecular formula is C14H9FN4S. The van der Waals surface area contributed by atoms with Gasteiger partial charge in [0.1, 0.15) is 17.0 Å². The highest BCUT2D eigenvalue weighted by Gasteiger charge is 2.08. The molecule has 2 aromatic heterocycles. The molecule has 0 atom stereocenters. The van der Waals surface area contributed by atoms with Gasteiger partial charge in [0.05, 0.1) is 11.2 Å². The highest BCUT2D eigenvalue weighted by molar-refractivity contribution is 7.79. The SMILES string of the molecule is Nc1nc(C=S)c2nc(-c3ccc(F)cc3)ccc2n1. The first-order valence-corrected chi connectivity index (χ1v) is 6.30. The van der Waals surface area contributed by atoms with Crippen molar-refractivity contribution < 1.29 is 4.39 Å². The molecule has 2 heterocycles. The van der Waals surface area contributed by atoms with Gasteiger partial charge in [0, 0.05) is 10.9 Å². The van der Waals surface area contributed by atoms with Crippen LogP contribution in [0.3, 0.4) is 0 Å². The summed E-state index contributed by atoms with van der Waals surface area (Å²) < 4.78 is 12.9. The number of benzene rings is 1. The van der Waals surface area contributed by atoms with Gasteiger partial charge in [-0.15, -0.1) is 0 Å². The van der Waals surface area contributed by atoms with Gasteiger partial charge in [-0.2, -0.15) is 0 Å². The molecule has 98 valence electrons. The first-order valence-electron chi connectivity index (χ1n) is 5.83. The smallest absolute Gasteiger partial charge is 0.221 e. The number of aromatic nitrogens is 3. The molecule has 0 saturated carbocycles. The standard InChI is InChI=1S/C14H9FN4S/c15-9-3-1-8(2-4-9)10-5-6-11-13(17-10)12(7-20)19-14(16)18-11/h1-7H,(H2,16,18,19). The number of anilines is 1. The zero-order valence-electron chi connectivity index (χ0n) is 10.2. The molecule has 4 nitrogen and oxygen atoms in total. The van der Waals surface area contributed by atoms with E-state index in [1.54, 1.807) is 24.3 Å². The first kappa shape index (κ1) is 12.6. The van der Waals surface area contributed by atoms with Crippen molar-refractivity contribution in [2.75, 3.05) is 5.73 Å². The molecule has 0 amide bonds. The Hall–Kier alpha value is -2.47. The Morgan fingerprint density at radius 2 is 1.75 bits per heavy atom. The number of thiocarbonyl (C=S) groups is 1. The van der Waals surface area contributed by atoms with Crippen molar-refractivity contribution in [1.82, 2.24) is 15.0 Å². The van der Waals surface area contributed by atoms with E-state index < -0.39 is 0 Å². The van der Waals surface area contributed by atoms with Crippen LogP contribution in [0, 0.1) is 5.82 Å². The number of nitrogen functional groups attached to an aromatic ring is 1. The Kier molecular flexibility index (Phi) is 3.08. The number of nitrogens with two attached hydrogens (primary N) is 1. The van der Waals surface area contributed by atoms with Crippen molar-refractivity contribution in [2.24, 2.45) is 0 Å². The molecule has 0 saturated heterocycles. The molecule has 0 radical (unpaired) electrons. The Bertz CT molecular complexity index is 802. The van der Waals surface area contributed by atoms with Gasteiger partial charge in [-0.3, -0.25) is 0 Å². The lowest BCUT2D eigenvalue weighted by Crippen LogP contribution is -2.01. The lowest BCUT2D eigenvalue weighted by Gasteiger charge is -2.05. The summed E-state index contributed by atoms with van der Waals surface area (Å²) in [6, 6.07) is 9.70. The van der Waals surface area contributed by atoms with Crippen molar-refractivity contribution in [1.29, 1.82) is 0 Å². The second-order valence-corrected chi connectivity index (χ2v) is 4.39. The Morgan fingerprint density at radius 3 is 2.45 bits per heavy atom. The highest BCUT2D eigenvalue weighted by atomic mass is 32.1. The van der Waals surface area contributed by atoms with E-state index in [-0.39, 0.29) is 11.8 Å². The maximum atomic E-state index is 12.9. The van der Waals surface area contributed by atoms with Crippen LogP contribution in [0.5, 0.6) is 0 Å². The zero-order chi connectivity index (χ0) is 14.1. The summed E-state index contributed by atoms with van der Waals surface area (Å²) in [7, 11) is 0. The molecule has 0 spiro atoms. The minimum Gasteiger partial charge on any atom is -0.368 e. The molecule has 2 N–H and O–H groups in total. The van der Waals surface area contributed by atoms with Crippen molar-refractivity contribution in [2.45, 2.75) is 0 Å². The van der Waals surface area contributed by atoms with Crippen LogP contribution in [0.15, 0.2) is 36.4 Å². The molecule has 0 aliphatic rings. The number of nitrogens with zero attached hydrogens (tertiary/aromatic N) is 3. The fourth-order valence-electron chi connectivity index (χ4n) is 1.92. The van der Waals surface area contributed by atoms with Gasteiger partial charge in [0.15, 0.2) is 0 Å². The molecule has 3 rings (SSSR count). The lowest BCUT2D eigenvalue weighted by atomic mass is 10.1. The van der Waals surface area contributed by atoms with Crippen LogP contribution < -0.4 is 5.73 Å². The van der Waals surface area contributed by atoms with Crippen LogP contribution in [0.1, 0.15) is 5.69 Å². The third kappa shape index (κ3) is 2.21. The van der Waals surface area contributed by atoms with Crippen LogP contribution >= 0.6 is 12.2 Å². The molecule has 1 aromatic carbocycles. The Morgan fingerprint density at radius 1 is 1.00 bits per heavy atom. The topological polar surface area (TPSA) is 64.7 Å². The second-order valence-electron chi connectivity index (χ2n) is 4.16. The average Bonchev–Trinajstić information content (AvgIpc) is 2.46. The van der Waals surface area contributed by atoms with Crippen LogP contribution in [-0.2, 0) is 0 Å². The number of fused-ring (bicyclic) bond motifs is 1. The summed E-state index contributed by atoms with van der Waals surface area (Å²) >= 11 is 4.92. The molecular weight excluding hydrogens is 275 g/mol. The third-order valence-corrected chi connectivity index (χ3v) is 3.06. The van der Waals surface area contributed by atoms with E-state index in [9.17, 15) is 4.39 Å². The first-order chi connectivity index (χ1) is 9.67. The van der Waals surface area contributed by atoms with E-state index in [0.29, 0.717) is 22.4 Å². The van der Waals surface area contributed by atoms with Gasteiger partial charge in [0.2, 0.25) is 5.95 Å². The molecule has 0 aliphatic carbocycles. The average molecular weight is 284 g/mol. The predicted molar refractivity (Wildman–Crippen MR) is 79.9 cm³/mol. The van der Waals surface area contributed by atoms with Crippen molar-refractivity contribution in [3.8, 4) is 11.3 Å². The van der Waals surface area contributed by atoms with E-state index in [4.69, 9.17) is 18.0 Å². The molecule has 3 aromatic rings. The molecule has 0 fully saturated rings. The number of halogens is 1. The highest BCUT2D eigenvalue weighted by Crippen LogP contribution is 2.21. The Labute approximate surface area is 119 Å². The number of pyridine rings is 1. The maximum absolute atomic E-state index is 12.9. The Balaban J connectivity index is 2.21. The van der Waals surface area contributed by atoms with E-state index in [1.807, 2.05) is 0 Å². The van der Waals surface area contributed by atoms with Crippen molar-refractivity contribution in [3.63, 3.8) is 0 Å². The van der Waals surface area contributed by atoms with Crippen LogP contribution in [-0.4, -0.2) is 20.3 Å². The molecule has 0 bridgehead atoms. The van der Waals surface area contributed by atoms with Gasteiger partial charge in [0.25, 0.3) is 0 Å². The predicted octanol–water partition coefficient (Wildman–Crippen LogP) is 2.76. The number of rotatable bonds is 2. The van der Waals surface area contributed by atoms with Gasteiger partial charge in [-0.25, -0.2) is 19.3 Å². The van der Waals surface area contributed by atoms with Gasteiger partial charge in [-0.05, 0) is 36.4 Å². The summed E-state index contributed by atoms with van der Waals surface area (Å²) in [5, 5.41) is 1.42. The minimum absolute atomic E-state index is 0.157. The van der Waals surface area contributed by atoms with Gasteiger partial charge < -0.3 is 5.73 Å². The second kappa shape index (κ2) is 4.90. The monoisotopic (exact) mass is 284 g/mol. The van der Waals surface area contributed by atoms with Crippen LogP contribution in [0.25, 0.3) is 22.3 Å². The van der Waals surface area contributed by atoms with E-state index in [2.05, 4.69) is 15.0 Å². The molecule has 0 unspecified atom stereocenters. The number of hydrogen-bond donors (Lipinski definition) is 1. The van der Waals surface area contributed by atoms with Crippen molar-refractivity contribution in [3.05, 3.63) is 47.9 Å². The van der Waals surface area contributed by atoms with Crippen molar-refractivity contribution >= 4 is 34.6 Å². The minimum atomic E-state index is -0.287. The van der Waals surface area contributed by atoms with Gasteiger partial charge >= 0.3 is 0 Å². The van der Waals surface area contributed by atoms with E-state index in [0.717, 1.165) is 5.56 Å². The van der Waals surface area contributed by atoms with E-state index >= 15 is 0 Å². The lowest BCUT2D eigenvalue weighted by molar-refractivity contribution is 0.628. The maximum Gasteiger partial charge on any atom is 0.221 e. The zero-order valence-corrected chi connectivity index (χ0v) is 11.1. The molecule has 20 heavy (non-hydrogen) atoms. The normalized spacial score (nSPS) is 10.7. The number of hydrogen-bond acceptors (Lipinski definition) is 5. The summed E-state index contributed by atoms with van der Waals surface area (Å²) in [5.41, 5.74) is 8.82. The third-order valence-electron chi connectivity index (χ3n) is 2.84. The summed E-state index contributed by atoms with van der Waals surface area (Å²) in [6.07, 6.45) is 0. The molecule has 6 heteroatoms. The summed E-state index contributed by atoms with van der Waals surface area (Å²) in [6.45, 7) is 0. The fraction of sp³-hybridized carbons (Fsp3) is 0. The summed E-state index contributed by atoms with van der Waals surface area (Å²) in [4.78, 5) is 12.7. The molecule has 0 aliphatic heterocycles. The van der Waals surface area contributed by atoms with Gasteiger partial charge in [-0.1, -0.05) is 12.2 Å². The fourth-order valence-corrected chi connectivity index (χ4v) is 2.08. The quantitative estimate of drug-likeness (QED) is 0.733. The largest absolute Gasteiger partial charge is 0.368 e. The van der Waals surface area contributed by atoms with E-state index in [1.165, 1.54) is 17.5 Å².